The Labute approximate surface area is 196 Å². The number of likely N-dealkylation sites (tertiary alicyclic amines) is 1. The van der Waals surface area contributed by atoms with Gasteiger partial charge in [0.1, 0.15) is 5.75 Å². The van der Waals surface area contributed by atoms with E-state index in [-0.39, 0.29) is 23.1 Å². The van der Waals surface area contributed by atoms with E-state index in [1.54, 1.807) is 15.5 Å². The number of thioether (sulfide) groups is 1. The number of nitrogens with zero attached hydrogens (tertiary/aromatic N) is 4. The van der Waals surface area contributed by atoms with Crippen molar-refractivity contribution in [1.29, 1.82) is 0 Å². The molecule has 0 N–H and O–H groups in total. The first kappa shape index (κ1) is 23.6. The van der Waals surface area contributed by atoms with Gasteiger partial charge in [-0.15, -0.1) is 13.2 Å². The molecular formula is C22H19F3N4O4S. The first-order valence-electron chi connectivity index (χ1n) is 10.3. The molecule has 1 fully saturated rings. The number of ether oxygens (including phenoxy) is 1. The van der Waals surface area contributed by atoms with Crippen molar-refractivity contribution in [1.82, 2.24) is 14.5 Å². The van der Waals surface area contributed by atoms with E-state index in [9.17, 15) is 28.1 Å². The van der Waals surface area contributed by atoms with E-state index in [2.05, 4.69) is 9.72 Å². The molecule has 178 valence electrons. The third kappa shape index (κ3) is 5.50. The summed E-state index contributed by atoms with van der Waals surface area (Å²) in [6.45, 7) is 1.43. The van der Waals surface area contributed by atoms with E-state index in [1.165, 1.54) is 60.4 Å². The molecule has 12 heteroatoms. The minimum atomic E-state index is -4.82. The molecule has 1 saturated heterocycles. The highest BCUT2D eigenvalue weighted by atomic mass is 32.2. The van der Waals surface area contributed by atoms with Crippen molar-refractivity contribution in [2.45, 2.75) is 24.4 Å². The molecule has 0 saturated carbocycles. The molecule has 2 aromatic carbocycles. The Kier molecular flexibility index (Phi) is 6.77. The van der Waals surface area contributed by atoms with Gasteiger partial charge < -0.3 is 9.64 Å². The first-order chi connectivity index (χ1) is 16.2. The first-order valence-corrected chi connectivity index (χ1v) is 11.3. The highest BCUT2D eigenvalue weighted by molar-refractivity contribution is 7.99. The van der Waals surface area contributed by atoms with Gasteiger partial charge in [-0.05, 0) is 37.1 Å². The van der Waals surface area contributed by atoms with Crippen LogP contribution in [0.3, 0.4) is 0 Å². The second kappa shape index (κ2) is 9.75. The number of non-ortho nitro benzene ring substituents is 1. The van der Waals surface area contributed by atoms with Crippen molar-refractivity contribution in [3.63, 3.8) is 0 Å². The van der Waals surface area contributed by atoms with Gasteiger partial charge >= 0.3 is 6.36 Å². The van der Waals surface area contributed by atoms with Crippen molar-refractivity contribution in [2.75, 3.05) is 18.8 Å². The molecule has 1 amide bonds. The molecule has 0 atom stereocenters. The number of benzene rings is 2. The highest BCUT2D eigenvalue weighted by Gasteiger charge is 2.31. The van der Waals surface area contributed by atoms with E-state index in [1.807, 2.05) is 0 Å². The third-order valence-corrected chi connectivity index (χ3v) is 6.13. The van der Waals surface area contributed by atoms with Crippen LogP contribution >= 0.6 is 11.8 Å². The van der Waals surface area contributed by atoms with Gasteiger partial charge in [0.25, 0.3) is 5.69 Å². The summed E-state index contributed by atoms with van der Waals surface area (Å²) in [4.78, 5) is 29.4. The summed E-state index contributed by atoms with van der Waals surface area (Å²) in [5.74, 6) is -0.268. The van der Waals surface area contributed by atoms with Crippen LogP contribution in [0.15, 0.2) is 59.9 Å². The summed E-state index contributed by atoms with van der Waals surface area (Å²) in [5.41, 5.74) is 1.33. The monoisotopic (exact) mass is 492 g/mol. The number of nitro benzene ring substituents is 1. The smallest absolute Gasteiger partial charge is 0.406 e. The standard InChI is InChI=1S/C22H19F3N4O4S/c23-22(24,25)33-18-8-6-16(7-9-18)28-19(15-4-3-5-17(12-15)29(31)32)13-26-21(28)34-14-20(30)27-10-1-2-11-27/h3-9,12-13H,1-2,10-11,14H2. The number of halogens is 3. The van der Waals surface area contributed by atoms with Crippen LogP contribution in [-0.4, -0.2) is 50.5 Å². The minimum absolute atomic E-state index is 0.0251. The van der Waals surface area contributed by atoms with Crippen LogP contribution in [0.4, 0.5) is 18.9 Å². The van der Waals surface area contributed by atoms with Gasteiger partial charge in [-0.25, -0.2) is 4.98 Å². The summed E-state index contributed by atoms with van der Waals surface area (Å²) < 4.78 is 43.2. The largest absolute Gasteiger partial charge is 0.573 e. The lowest BCUT2D eigenvalue weighted by Gasteiger charge is -2.16. The fourth-order valence-corrected chi connectivity index (χ4v) is 4.54. The Bertz CT molecular complexity index is 1190. The van der Waals surface area contributed by atoms with Gasteiger partial charge in [0, 0.05) is 36.5 Å². The molecule has 0 radical (unpaired) electrons. The van der Waals surface area contributed by atoms with Crippen LogP contribution in [0.2, 0.25) is 0 Å². The Morgan fingerprint density at radius 3 is 2.50 bits per heavy atom. The Balaban J connectivity index is 1.69. The Morgan fingerprint density at radius 2 is 1.85 bits per heavy atom. The van der Waals surface area contributed by atoms with Gasteiger partial charge in [0.2, 0.25) is 5.91 Å². The molecule has 0 unspecified atom stereocenters. The summed E-state index contributed by atoms with van der Waals surface area (Å²) >= 11 is 1.19. The second-order valence-corrected chi connectivity index (χ2v) is 8.43. The summed E-state index contributed by atoms with van der Waals surface area (Å²) in [5, 5.41) is 11.7. The molecule has 3 aromatic rings. The lowest BCUT2D eigenvalue weighted by molar-refractivity contribution is -0.384. The molecule has 2 heterocycles. The molecule has 1 aliphatic heterocycles. The number of imidazole rings is 1. The average molecular weight is 492 g/mol. The number of nitro groups is 1. The SMILES string of the molecule is O=C(CSc1ncc(-c2cccc([N+](=O)[O-])c2)n1-c1ccc(OC(F)(F)F)cc1)N1CCCC1. The minimum Gasteiger partial charge on any atom is -0.406 e. The van der Waals surface area contributed by atoms with Gasteiger partial charge in [0.15, 0.2) is 5.16 Å². The normalized spacial score (nSPS) is 13.8. The third-order valence-electron chi connectivity index (χ3n) is 5.19. The predicted octanol–water partition coefficient (Wildman–Crippen LogP) is 5.06. The lowest BCUT2D eigenvalue weighted by atomic mass is 10.1. The zero-order valence-corrected chi connectivity index (χ0v) is 18.5. The van der Waals surface area contributed by atoms with Crippen molar-refractivity contribution in [3.05, 3.63) is 64.8 Å². The van der Waals surface area contributed by atoms with E-state index in [4.69, 9.17) is 0 Å². The quantitative estimate of drug-likeness (QED) is 0.260. The number of hydrogen-bond donors (Lipinski definition) is 0. The fourth-order valence-electron chi connectivity index (χ4n) is 3.65. The molecule has 1 aliphatic rings. The fraction of sp³-hybridized carbons (Fsp3) is 0.273. The number of aromatic nitrogens is 2. The molecule has 34 heavy (non-hydrogen) atoms. The van der Waals surface area contributed by atoms with Gasteiger partial charge in [-0.3, -0.25) is 19.5 Å². The second-order valence-electron chi connectivity index (χ2n) is 7.49. The molecular weight excluding hydrogens is 473 g/mol. The maximum atomic E-state index is 12.5. The molecule has 8 nitrogen and oxygen atoms in total. The highest BCUT2D eigenvalue weighted by Crippen LogP contribution is 2.33. The molecule has 0 bridgehead atoms. The maximum Gasteiger partial charge on any atom is 0.573 e. The molecule has 0 aliphatic carbocycles. The molecule has 4 rings (SSSR count). The zero-order chi connectivity index (χ0) is 24.3. The van der Waals surface area contributed by atoms with E-state index in [0.717, 1.165) is 12.8 Å². The van der Waals surface area contributed by atoms with E-state index < -0.39 is 11.3 Å². The van der Waals surface area contributed by atoms with Crippen molar-refractivity contribution < 1.29 is 27.6 Å². The number of rotatable bonds is 7. The van der Waals surface area contributed by atoms with Crippen LogP contribution in [0.1, 0.15) is 12.8 Å². The maximum absolute atomic E-state index is 12.5. The summed E-state index contributed by atoms with van der Waals surface area (Å²) in [7, 11) is 0. The van der Waals surface area contributed by atoms with Crippen LogP contribution in [0.5, 0.6) is 5.75 Å². The van der Waals surface area contributed by atoms with E-state index >= 15 is 0 Å². The number of carbonyl (C=O) groups excluding carboxylic acids is 1. The van der Waals surface area contributed by atoms with Crippen LogP contribution < -0.4 is 4.74 Å². The zero-order valence-electron chi connectivity index (χ0n) is 17.7. The number of carbonyl (C=O) groups is 1. The topological polar surface area (TPSA) is 90.5 Å². The predicted molar refractivity (Wildman–Crippen MR) is 119 cm³/mol. The van der Waals surface area contributed by atoms with Gasteiger partial charge in [-0.2, -0.15) is 0 Å². The van der Waals surface area contributed by atoms with Crippen LogP contribution in [-0.2, 0) is 4.79 Å². The Hall–Kier alpha value is -3.54. The molecule has 0 spiro atoms. The average Bonchev–Trinajstić information content (AvgIpc) is 3.47. The molecule has 1 aromatic heterocycles. The van der Waals surface area contributed by atoms with Gasteiger partial charge in [-0.1, -0.05) is 23.9 Å². The number of amides is 1. The van der Waals surface area contributed by atoms with Crippen LogP contribution in [0.25, 0.3) is 16.9 Å². The van der Waals surface area contributed by atoms with Crippen molar-refractivity contribution >= 4 is 23.4 Å². The van der Waals surface area contributed by atoms with Crippen LogP contribution in [0, 0.1) is 10.1 Å². The van der Waals surface area contributed by atoms with E-state index in [0.29, 0.717) is 35.2 Å². The van der Waals surface area contributed by atoms with Crippen molar-refractivity contribution in [2.24, 2.45) is 0 Å². The van der Waals surface area contributed by atoms with Gasteiger partial charge in [0.05, 0.1) is 22.6 Å². The Morgan fingerprint density at radius 1 is 1.15 bits per heavy atom. The lowest BCUT2D eigenvalue weighted by Crippen LogP contribution is -2.29. The number of hydrogen-bond acceptors (Lipinski definition) is 6. The number of alkyl halides is 3. The van der Waals surface area contributed by atoms with Crippen molar-refractivity contribution in [3.8, 4) is 22.7 Å². The summed E-state index contributed by atoms with van der Waals surface area (Å²) in [6, 6.07) is 11.1. The summed E-state index contributed by atoms with van der Waals surface area (Å²) in [6.07, 6.45) is -1.37.